The zero-order valence-corrected chi connectivity index (χ0v) is 20.2. The number of amides is 2. The second kappa shape index (κ2) is 9.54. The molecule has 5 rings (SSSR count). The molecule has 3 aliphatic rings. The first-order valence-electron chi connectivity index (χ1n) is 12.3. The molecular weight excluding hydrogens is 436 g/mol. The van der Waals surface area contributed by atoms with Crippen LogP contribution in [0, 0.1) is 5.92 Å². The van der Waals surface area contributed by atoms with Gasteiger partial charge in [0.1, 0.15) is 17.0 Å². The summed E-state index contributed by atoms with van der Waals surface area (Å²) < 4.78 is 0. The zero-order chi connectivity index (χ0) is 22.9. The van der Waals surface area contributed by atoms with Gasteiger partial charge in [-0.3, -0.25) is 14.5 Å². The van der Waals surface area contributed by atoms with Gasteiger partial charge < -0.3 is 16.0 Å². The lowest BCUT2D eigenvalue weighted by atomic mass is 9.86. The van der Waals surface area contributed by atoms with E-state index in [1.807, 2.05) is 4.90 Å². The fourth-order valence-electron chi connectivity index (χ4n) is 5.72. The van der Waals surface area contributed by atoms with Crippen LogP contribution in [0.15, 0.2) is 6.33 Å². The summed E-state index contributed by atoms with van der Waals surface area (Å²) in [6, 6.07) is 0.804. The van der Waals surface area contributed by atoms with Crippen molar-refractivity contribution in [3.8, 4) is 0 Å². The van der Waals surface area contributed by atoms with Gasteiger partial charge in [-0.1, -0.05) is 0 Å². The largest absolute Gasteiger partial charge is 0.369 e. The molecule has 1 saturated heterocycles. The normalized spacial score (nSPS) is 25.4. The number of primary amides is 1. The Morgan fingerprint density at radius 3 is 2.67 bits per heavy atom. The van der Waals surface area contributed by atoms with Gasteiger partial charge in [0.2, 0.25) is 11.8 Å². The van der Waals surface area contributed by atoms with E-state index in [4.69, 9.17) is 5.73 Å². The van der Waals surface area contributed by atoms with Gasteiger partial charge >= 0.3 is 0 Å². The molecule has 0 bridgehead atoms. The lowest BCUT2D eigenvalue weighted by Gasteiger charge is -2.35. The molecule has 3 N–H and O–H groups in total. The number of likely N-dealkylation sites (N-methyl/N-ethyl adjacent to an activating group) is 1. The number of aryl methyl sites for hydroxylation is 1. The topological polar surface area (TPSA) is 104 Å². The number of nitrogens with two attached hydrogens (primary N) is 1. The van der Waals surface area contributed by atoms with Crippen molar-refractivity contribution in [2.24, 2.45) is 11.7 Å². The quantitative estimate of drug-likeness (QED) is 0.672. The summed E-state index contributed by atoms with van der Waals surface area (Å²) in [7, 11) is 2.09. The molecule has 2 aliphatic carbocycles. The van der Waals surface area contributed by atoms with E-state index in [0.29, 0.717) is 25.0 Å². The number of aromatic nitrogens is 2. The van der Waals surface area contributed by atoms with Gasteiger partial charge in [-0.15, -0.1) is 11.3 Å². The number of hydrogen-bond acceptors (Lipinski definition) is 7. The van der Waals surface area contributed by atoms with E-state index < -0.39 is 0 Å². The van der Waals surface area contributed by atoms with E-state index in [2.05, 4.69) is 27.2 Å². The lowest BCUT2D eigenvalue weighted by molar-refractivity contribution is -0.131. The van der Waals surface area contributed by atoms with E-state index in [9.17, 15) is 9.59 Å². The maximum absolute atomic E-state index is 12.5. The average molecular weight is 471 g/mol. The Hall–Kier alpha value is -2.26. The second-order valence-electron chi connectivity index (χ2n) is 9.90. The fourth-order valence-corrected chi connectivity index (χ4v) is 6.91. The van der Waals surface area contributed by atoms with Gasteiger partial charge in [0, 0.05) is 36.0 Å². The number of likely N-dealkylation sites (tertiary alicyclic amines) is 1. The molecule has 1 aliphatic heterocycles. The van der Waals surface area contributed by atoms with Gasteiger partial charge in [0.25, 0.3) is 0 Å². The Kier molecular flexibility index (Phi) is 6.51. The number of nitrogens with one attached hydrogen (secondary N) is 1. The van der Waals surface area contributed by atoms with Crippen molar-refractivity contribution in [2.45, 2.75) is 69.9 Å². The molecule has 0 radical (unpaired) electrons. The number of carbonyl (C=O) groups is 2. The molecule has 2 amide bonds. The highest BCUT2D eigenvalue weighted by Crippen LogP contribution is 2.40. The number of fused-ring (bicyclic) bond motifs is 3. The van der Waals surface area contributed by atoms with E-state index >= 15 is 0 Å². The molecular formula is C24H34N6O2S. The molecule has 33 heavy (non-hydrogen) atoms. The second-order valence-corrected chi connectivity index (χ2v) is 11.0. The number of thiophene rings is 1. The SMILES string of the molecule is CN(CC(=O)N1CCCC1)[C@H]1CC[C@H](Nc2ncnc3sc4c(c23)C[C@H](C(N)=O)CC4)CC1. The molecule has 2 aromatic heterocycles. The first-order chi connectivity index (χ1) is 16.0. The van der Waals surface area contributed by atoms with Crippen LogP contribution in [0.2, 0.25) is 0 Å². The highest BCUT2D eigenvalue weighted by Gasteiger charge is 2.30. The number of nitrogens with zero attached hydrogens (tertiary/aromatic N) is 4. The van der Waals surface area contributed by atoms with Gasteiger partial charge in [-0.25, -0.2) is 9.97 Å². The smallest absolute Gasteiger partial charge is 0.236 e. The highest BCUT2D eigenvalue weighted by atomic mass is 32.1. The van der Waals surface area contributed by atoms with Crippen molar-refractivity contribution in [1.82, 2.24) is 19.8 Å². The number of rotatable bonds is 6. The Morgan fingerprint density at radius 2 is 1.94 bits per heavy atom. The van der Waals surface area contributed by atoms with E-state index in [1.165, 1.54) is 10.4 Å². The first kappa shape index (κ1) is 22.5. The summed E-state index contributed by atoms with van der Waals surface area (Å²) >= 11 is 1.72. The molecule has 2 fully saturated rings. The van der Waals surface area contributed by atoms with Gasteiger partial charge in [-0.2, -0.15) is 0 Å². The van der Waals surface area contributed by atoms with Crippen LogP contribution in [-0.4, -0.2) is 70.3 Å². The Morgan fingerprint density at radius 1 is 1.18 bits per heavy atom. The molecule has 0 unspecified atom stereocenters. The maximum Gasteiger partial charge on any atom is 0.236 e. The monoisotopic (exact) mass is 470 g/mol. The Bertz CT molecular complexity index is 1030. The summed E-state index contributed by atoms with van der Waals surface area (Å²) in [5.41, 5.74) is 6.83. The van der Waals surface area contributed by atoms with Crippen molar-refractivity contribution >= 4 is 39.2 Å². The van der Waals surface area contributed by atoms with Gasteiger partial charge in [-0.05, 0) is 70.4 Å². The molecule has 9 heteroatoms. The minimum atomic E-state index is -0.211. The van der Waals surface area contributed by atoms with Crippen molar-refractivity contribution in [1.29, 1.82) is 0 Å². The number of hydrogen-bond donors (Lipinski definition) is 2. The van der Waals surface area contributed by atoms with Crippen LogP contribution in [0.25, 0.3) is 10.2 Å². The van der Waals surface area contributed by atoms with E-state index in [-0.39, 0.29) is 17.7 Å². The van der Waals surface area contributed by atoms with Gasteiger partial charge in [0.15, 0.2) is 0 Å². The minimum absolute atomic E-state index is 0.0994. The third-order valence-electron chi connectivity index (χ3n) is 7.75. The number of anilines is 1. The van der Waals surface area contributed by atoms with Gasteiger partial charge in [0.05, 0.1) is 11.9 Å². The summed E-state index contributed by atoms with van der Waals surface area (Å²) in [4.78, 5) is 40.0. The predicted molar refractivity (Wildman–Crippen MR) is 130 cm³/mol. The summed E-state index contributed by atoms with van der Waals surface area (Å²) in [6.45, 7) is 2.36. The molecule has 2 aromatic rings. The maximum atomic E-state index is 12.5. The summed E-state index contributed by atoms with van der Waals surface area (Å²) in [6.07, 6.45) is 10.6. The van der Waals surface area contributed by atoms with E-state index in [1.54, 1.807) is 17.7 Å². The molecule has 8 nitrogen and oxygen atoms in total. The van der Waals surface area contributed by atoms with Crippen molar-refractivity contribution in [3.05, 3.63) is 16.8 Å². The van der Waals surface area contributed by atoms with Crippen LogP contribution in [0.3, 0.4) is 0 Å². The highest BCUT2D eigenvalue weighted by molar-refractivity contribution is 7.19. The fraction of sp³-hybridized carbons (Fsp3) is 0.667. The Labute approximate surface area is 198 Å². The Balaban J connectivity index is 1.22. The van der Waals surface area contributed by atoms with Crippen molar-refractivity contribution in [2.75, 3.05) is 32.0 Å². The standard InChI is InChI=1S/C24H34N6O2S/c1-29(13-20(31)30-10-2-3-11-30)17-7-5-16(6-8-17)28-23-21-18-12-15(22(25)32)4-9-19(18)33-24(21)27-14-26-23/h14-17H,2-13H2,1H3,(H2,25,32)(H,26,27,28)/t15-,16-,17-/m1/s1. The number of carbonyl (C=O) groups excluding carboxylic acids is 2. The van der Waals surface area contributed by atoms with E-state index in [0.717, 1.165) is 80.5 Å². The molecule has 178 valence electrons. The molecule has 3 heterocycles. The van der Waals surface area contributed by atoms with Crippen LogP contribution in [0.5, 0.6) is 0 Å². The van der Waals surface area contributed by atoms with Crippen molar-refractivity contribution in [3.63, 3.8) is 0 Å². The van der Waals surface area contributed by atoms with Crippen LogP contribution < -0.4 is 11.1 Å². The van der Waals surface area contributed by atoms with Crippen molar-refractivity contribution < 1.29 is 9.59 Å². The lowest BCUT2D eigenvalue weighted by Crippen LogP contribution is -2.44. The molecule has 1 saturated carbocycles. The molecule has 1 atom stereocenters. The minimum Gasteiger partial charge on any atom is -0.369 e. The average Bonchev–Trinajstić information content (AvgIpc) is 3.47. The molecule has 0 aromatic carbocycles. The first-order valence-corrected chi connectivity index (χ1v) is 13.1. The third-order valence-corrected chi connectivity index (χ3v) is 8.95. The summed E-state index contributed by atoms with van der Waals surface area (Å²) in [5.74, 6) is 0.855. The van der Waals surface area contributed by atoms with Crippen LogP contribution in [0.4, 0.5) is 5.82 Å². The molecule has 0 spiro atoms. The van der Waals surface area contributed by atoms with Crippen LogP contribution >= 0.6 is 11.3 Å². The predicted octanol–water partition coefficient (Wildman–Crippen LogP) is 2.56. The third kappa shape index (κ3) is 4.71. The van der Waals surface area contributed by atoms with Crippen LogP contribution in [-0.2, 0) is 22.4 Å². The van der Waals surface area contributed by atoms with Crippen LogP contribution in [0.1, 0.15) is 55.4 Å². The zero-order valence-electron chi connectivity index (χ0n) is 19.4. The summed E-state index contributed by atoms with van der Waals surface area (Å²) in [5, 5.41) is 4.78.